The number of Topliss-reactive ketones (excluding diaryl/α,β-unsaturated/α-hetero) is 1. The second-order valence-corrected chi connectivity index (χ2v) is 8.13. The van der Waals surface area contributed by atoms with E-state index < -0.39 is 5.97 Å². The Balaban J connectivity index is 0.00000379. The van der Waals surface area contributed by atoms with Gasteiger partial charge in [-0.2, -0.15) is 0 Å². The smallest absolute Gasteiger partial charge is 0.306 e. The molecule has 0 amide bonds. The van der Waals surface area contributed by atoms with Crippen LogP contribution in [0.2, 0.25) is 0 Å². The van der Waals surface area contributed by atoms with Crippen LogP contribution >= 0.6 is 9.12 Å². The number of carbonyl (C=O) groups is 2. The lowest BCUT2D eigenvalue weighted by Crippen LogP contribution is -2.18. The van der Waals surface area contributed by atoms with E-state index in [1.54, 1.807) is 9.12 Å². The van der Waals surface area contributed by atoms with Crippen LogP contribution in [0, 0.1) is 32.6 Å². The van der Waals surface area contributed by atoms with Crippen LogP contribution in [0.4, 0.5) is 0 Å². The molecule has 29 heavy (non-hydrogen) atoms. The van der Waals surface area contributed by atoms with E-state index in [4.69, 9.17) is 4.57 Å². The van der Waals surface area contributed by atoms with Crippen molar-refractivity contribution in [2.45, 2.75) is 92.4 Å². The van der Waals surface area contributed by atoms with Gasteiger partial charge in [0.25, 0.3) is 0 Å². The van der Waals surface area contributed by atoms with Crippen molar-refractivity contribution < 1.29 is 19.3 Å². The Kier molecular flexibility index (Phi) is 14.5. The lowest BCUT2D eigenvalue weighted by molar-refractivity contribution is -0.142. The Labute approximate surface area is 179 Å². The van der Waals surface area contributed by atoms with E-state index in [1.807, 2.05) is 20.8 Å². The summed E-state index contributed by atoms with van der Waals surface area (Å²) in [6, 6.07) is 4.11. The van der Waals surface area contributed by atoms with Crippen LogP contribution in [0.1, 0.15) is 98.7 Å². The molecule has 2 unspecified atom stereocenters. The highest BCUT2D eigenvalue weighted by Gasteiger charge is 2.21. The number of aliphatic carboxylic acids is 1. The van der Waals surface area contributed by atoms with Crippen molar-refractivity contribution in [1.82, 2.24) is 0 Å². The number of hydrogen-bond donors (Lipinski definition) is 1. The van der Waals surface area contributed by atoms with Crippen molar-refractivity contribution in [1.29, 1.82) is 0 Å². The van der Waals surface area contributed by atoms with E-state index in [-0.39, 0.29) is 11.7 Å². The maximum atomic E-state index is 12.6. The third kappa shape index (κ3) is 10.2. The average Bonchev–Trinajstić information content (AvgIpc) is 2.67. The van der Waals surface area contributed by atoms with Gasteiger partial charge in [0.2, 0.25) is 0 Å². The zero-order chi connectivity index (χ0) is 22.4. The van der Waals surface area contributed by atoms with Crippen LogP contribution in [0.5, 0.6) is 0 Å². The Morgan fingerprint density at radius 1 is 0.966 bits per heavy atom. The normalized spacial score (nSPS) is 12.6. The molecular weight excluding hydrogens is 383 g/mol. The quantitative estimate of drug-likeness (QED) is 0.208. The lowest BCUT2D eigenvalue weighted by Gasteiger charge is -2.19. The molecule has 0 fully saturated rings. The summed E-state index contributed by atoms with van der Waals surface area (Å²) >= 11 is 0. The van der Waals surface area contributed by atoms with Crippen LogP contribution in [0.3, 0.4) is 0 Å². The largest absolute Gasteiger partial charge is 0.481 e. The van der Waals surface area contributed by atoms with Gasteiger partial charge in [0.1, 0.15) is 9.12 Å². The highest BCUT2D eigenvalue weighted by atomic mass is 31.0. The van der Waals surface area contributed by atoms with Crippen LogP contribution < -0.4 is 0 Å². The van der Waals surface area contributed by atoms with Crippen molar-refractivity contribution in [3.8, 4) is 0 Å². The van der Waals surface area contributed by atoms with Gasteiger partial charge in [0, 0.05) is 12.0 Å². The maximum Gasteiger partial charge on any atom is 0.306 e. The molecule has 0 heterocycles. The van der Waals surface area contributed by atoms with Crippen molar-refractivity contribution >= 4 is 20.9 Å². The molecular formula is C24H39O4P. The molecule has 0 radical (unpaired) electrons. The number of unbranched alkanes of at least 4 members (excludes halogenated alkanes) is 2. The van der Waals surface area contributed by atoms with Crippen LogP contribution in [0.25, 0.3) is 0 Å². The second-order valence-electron chi connectivity index (χ2n) is 8.13. The molecule has 0 bridgehead atoms. The predicted octanol–water partition coefficient (Wildman–Crippen LogP) is 7.14. The summed E-state index contributed by atoms with van der Waals surface area (Å²) < 4.78 is 8.06. The van der Waals surface area contributed by atoms with Gasteiger partial charge in [-0.05, 0) is 57.1 Å². The summed E-state index contributed by atoms with van der Waals surface area (Å²) in [5.74, 6) is -0.261. The van der Waals surface area contributed by atoms with Gasteiger partial charge < -0.3 is 5.11 Å². The minimum absolute atomic E-state index is 0.186. The van der Waals surface area contributed by atoms with Gasteiger partial charge in [-0.3, -0.25) is 14.2 Å². The molecule has 0 aromatic heterocycles. The monoisotopic (exact) mass is 422 g/mol. The summed E-state index contributed by atoms with van der Waals surface area (Å²) in [6.45, 7) is 10.4. The van der Waals surface area contributed by atoms with Crippen LogP contribution in [0.15, 0.2) is 12.1 Å². The molecule has 0 saturated heterocycles. The molecule has 2 atom stereocenters. The Bertz CT molecular complexity index is 619. The van der Waals surface area contributed by atoms with Crippen molar-refractivity contribution in [3.63, 3.8) is 0 Å². The molecule has 5 heteroatoms. The van der Waals surface area contributed by atoms with Gasteiger partial charge >= 0.3 is 5.97 Å². The van der Waals surface area contributed by atoms with Gasteiger partial charge in [-0.25, -0.2) is 0 Å². The minimum Gasteiger partial charge on any atom is -0.481 e. The number of benzene rings is 1. The van der Waals surface area contributed by atoms with E-state index in [0.717, 1.165) is 55.2 Å². The van der Waals surface area contributed by atoms with Crippen molar-refractivity contribution in [2.75, 3.05) is 0 Å². The zero-order valence-corrected chi connectivity index (χ0v) is 19.8. The Morgan fingerprint density at radius 3 is 2.03 bits per heavy atom. The van der Waals surface area contributed by atoms with Gasteiger partial charge in [0.15, 0.2) is 5.78 Å². The number of carboxylic acid groups (broad SMARTS) is 1. The summed E-state index contributed by atoms with van der Waals surface area (Å²) in [5.41, 5.74) is 4.12. The van der Waals surface area contributed by atoms with E-state index in [2.05, 4.69) is 26.0 Å². The predicted molar refractivity (Wildman–Crippen MR) is 122 cm³/mol. The first-order valence-corrected chi connectivity index (χ1v) is 11.2. The molecule has 0 aliphatic rings. The first-order valence-electron chi connectivity index (χ1n) is 10.8. The molecule has 4 nitrogen and oxygen atoms in total. The fourth-order valence-electron chi connectivity index (χ4n) is 4.15. The third-order valence-electron chi connectivity index (χ3n) is 5.67. The molecule has 0 spiro atoms. The summed E-state index contributed by atoms with van der Waals surface area (Å²) in [7, 11) is 1.72. The third-order valence-corrected chi connectivity index (χ3v) is 5.67. The van der Waals surface area contributed by atoms with Crippen molar-refractivity contribution in [2.24, 2.45) is 11.8 Å². The summed E-state index contributed by atoms with van der Waals surface area (Å²) in [4.78, 5) is 24.2. The van der Waals surface area contributed by atoms with E-state index in [9.17, 15) is 14.7 Å². The molecule has 0 aliphatic heterocycles. The molecule has 164 valence electrons. The van der Waals surface area contributed by atoms with Crippen LogP contribution in [-0.2, 0) is 9.36 Å². The van der Waals surface area contributed by atoms with Crippen LogP contribution in [-0.4, -0.2) is 16.9 Å². The molecule has 1 aromatic rings. The minimum atomic E-state index is -0.679. The van der Waals surface area contributed by atoms with Gasteiger partial charge in [-0.1, -0.05) is 63.6 Å². The number of rotatable bonds is 13. The molecule has 0 aliphatic carbocycles. The van der Waals surface area contributed by atoms with E-state index in [0.29, 0.717) is 18.8 Å². The average molecular weight is 423 g/mol. The lowest BCUT2D eigenvalue weighted by atomic mass is 9.86. The highest BCUT2D eigenvalue weighted by molar-refractivity contribution is 7.00. The fourth-order valence-corrected chi connectivity index (χ4v) is 4.15. The maximum absolute atomic E-state index is 12.6. The van der Waals surface area contributed by atoms with E-state index in [1.165, 1.54) is 12.0 Å². The van der Waals surface area contributed by atoms with E-state index >= 15 is 0 Å². The molecule has 1 N–H and O–H groups in total. The topological polar surface area (TPSA) is 71.4 Å². The Morgan fingerprint density at radius 2 is 1.55 bits per heavy atom. The second kappa shape index (κ2) is 15.3. The SMILES string of the molecule is CCCCC(CC)CC(CCCCC(=O)c1c(C)cc(C)cc1C)C(=O)O.O=P. The molecule has 0 saturated carbocycles. The fraction of sp³-hybridized carbons (Fsp3) is 0.667. The number of carboxylic acids is 1. The van der Waals surface area contributed by atoms with Gasteiger partial charge in [0.05, 0.1) is 5.92 Å². The summed E-state index contributed by atoms with van der Waals surface area (Å²) in [6.07, 6.45) is 8.04. The first kappa shape index (κ1) is 27.5. The number of aryl methyl sites for hydroxylation is 3. The highest BCUT2D eigenvalue weighted by Crippen LogP contribution is 2.26. The molecule has 1 aromatic carbocycles. The summed E-state index contributed by atoms with van der Waals surface area (Å²) in [5, 5.41) is 9.56. The number of ketones is 1. The first-order chi connectivity index (χ1) is 13.8. The Hall–Kier alpha value is -1.54. The van der Waals surface area contributed by atoms with Gasteiger partial charge in [-0.15, -0.1) is 0 Å². The standard InChI is InChI=1S/C24H38O3.HOP/c1-6-8-11-20(7-2)16-21(24(26)27)12-9-10-13-22(25)23-18(4)14-17(3)15-19(23)5;1-2/h14-15,20-21H,6-13,16H2,1-5H3,(H,26,27);2H. The number of hydrogen-bond acceptors (Lipinski definition) is 3. The zero-order valence-electron chi connectivity index (χ0n) is 18.8. The number of carbonyl (C=O) groups excluding carboxylic acids is 1. The van der Waals surface area contributed by atoms with Crippen molar-refractivity contribution in [3.05, 3.63) is 34.4 Å². The molecule has 1 rings (SSSR count).